The summed E-state index contributed by atoms with van der Waals surface area (Å²) < 4.78 is 0. The Labute approximate surface area is 108 Å². The molecule has 3 N–H and O–H groups in total. The van der Waals surface area contributed by atoms with Crippen LogP contribution in [-0.4, -0.2) is 39.2 Å². The molecule has 0 fully saturated rings. The van der Waals surface area contributed by atoms with Crippen molar-refractivity contribution in [2.24, 2.45) is 0 Å². The largest absolute Gasteiger partial charge is 0.328 e. The topological polar surface area (TPSA) is 63.9 Å². The number of hydrogen-bond acceptors (Lipinski definition) is 4. The van der Waals surface area contributed by atoms with Gasteiger partial charge in [-0.3, -0.25) is 0 Å². The van der Waals surface area contributed by atoms with Crippen molar-refractivity contribution >= 4 is 8.60 Å². The van der Waals surface area contributed by atoms with E-state index in [2.05, 4.69) is 25.7 Å². The van der Waals surface area contributed by atoms with Crippen LogP contribution < -0.4 is 0 Å². The van der Waals surface area contributed by atoms with Crippen LogP contribution in [0.1, 0.15) is 59.3 Å². The van der Waals surface area contributed by atoms with Crippen molar-refractivity contribution in [3.8, 4) is 0 Å². The van der Waals surface area contributed by atoms with Crippen molar-refractivity contribution in [3.05, 3.63) is 0 Å². The van der Waals surface area contributed by atoms with Crippen LogP contribution >= 0.6 is 8.60 Å². The van der Waals surface area contributed by atoms with Crippen molar-refractivity contribution < 1.29 is 14.7 Å². The molecule has 0 rings (SSSR count). The summed E-state index contributed by atoms with van der Waals surface area (Å²) in [6.45, 7) is 10.8. The highest BCUT2D eigenvalue weighted by molar-refractivity contribution is 7.38. The number of rotatable bonds is 9. The Balaban J connectivity index is 0. The standard InChI is InChI=1S/C12H27N.H3O3P/c1-4-7-10-13(11-8-5-2)12-9-6-3;1-4(2)3/h4-12H2,1-3H3;1-3H. The van der Waals surface area contributed by atoms with Gasteiger partial charge in [-0.15, -0.1) is 0 Å². The van der Waals surface area contributed by atoms with Crippen molar-refractivity contribution in [1.82, 2.24) is 4.90 Å². The summed E-state index contributed by atoms with van der Waals surface area (Å²) in [5.41, 5.74) is 0. The van der Waals surface area contributed by atoms with E-state index in [1.54, 1.807) is 0 Å². The first-order valence-corrected chi connectivity index (χ1v) is 7.87. The van der Waals surface area contributed by atoms with Crippen molar-refractivity contribution in [2.45, 2.75) is 59.3 Å². The van der Waals surface area contributed by atoms with Crippen LogP contribution in [0.15, 0.2) is 0 Å². The summed E-state index contributed by atoms with van der Waals surface area (Å²) in [5.74, 6) is 0. The van der Waals surface area contributed by atoms with E-state index >= 15 is 0 Å². The Bertz CT molecular complexity index is 115. The number of nitrogens with zero attached hydrogens (tertiary/aromatic N) is 1. The van der Waals surface area contributed by atoms with Gasteiger partial charge in [-0.05, 0) is 38.9 Å². The molecule has 0 radical (unpaired) electrons. The Morgan fingerprint density at radius 3 is 1.12 bits per heavy atom. The average Bonchev–Trinajstić information content (AvgIpc) is 2.27. The number of unbranched alkanes of at least 4 members (excludes halogenated alkanes) is 3. The highest BCUT2D eigenvalue weighted by atomic mass is 31.2. The molecule has 0 aromatic rings. The van der Waals surface area contributed by atoms with E-state index in [1.165, 1.54) is 58.2 Å². The van der Waals surface area contributed by atoms with Crippen LogP contribution in [0.2, 0.25) is 0 Å². The van der Waals surface area contributed by atoms with Gasteiger partial charge in [0.05, 0.1) is 0 Å². The van der Waals surface area contributed by atoms with Crippen LogP contribution in [0, 0.1) is 0 Å². The molecule has 0 aliphatic heterocycles. The molecule has 0 heterocycles. The highest BCUT2D eigenvalue weighted by Gasteiger charge is 2.01. The zero-order valence-electron chi connectivity index (χ0n) is 11.6. The van der Waals surface area contributed by atoms with Crippen molar-refractivity contribution in [3.63, 3.8) is 0 Å². The van der Waals surface area contributed by atoms with Crippen LogP contribution in [0.3, 0.4) is 0 Å². The average molecular weight is 267 g/mol. The molecule has 0 saturated carbocycles. The molecule has 0 aliphatic rings. The van der Waals surface area contributed by atoms with Gasteiger partial charge in [-0.25, -0.2) is 0 Å². The summed E-state index contributed by atoms with van der Waals surface area (Å²) in [5, 5.41) is 0. The van der Waals surface area contributed by atoms with Gasteiger partial charge in [0.2, 0.25) is 0 Å². The number of hydrogen-bond donors (Lipinski definition) is 3. The molecule has 5 heteroatoms. The molecular formula is C12H30NO3P. The molecule has 0 spiro atoms. The zero-order valence-corrected chi connectivity index (χ0v) is 12.5. The first kappa shape index (κ1) is 19.6. The van der Waals surface area contributed by atoms with E-state index in [0.717, 1.165) is 0 Å². The predicted molar refractivity (Wildman–Crippen MR) is 74.7 cm³/mol. The van der Waals surface area contributed by atoms with Gasteiger partial charge in [0.15, 0.2) is 0 Å². The SMILES string of the molecule is CCCCN(CCCC)CCCC.OP(O)O. The third-order valence-electron chi connectivity index (χ3n) is 2.48. The molecule has 106 valence electrons. The van der Waals surface area contributed by atoms with Gasteiger partial charge >= 0.3 is 8.60 Å². The van der Waals surface area contributed by atoms with Crippen molar-refractivity contribution in [1.29, 1.82) is 0 Å². The molecule has 0 aromatic carbocycles. The maximum absolute atomic E-state index is 7.23. The maximum Gasteiger partial charge on any atom is 0.324 e. The van der Waals surface area contributed by atoms with Crippen LogP contribution in [-0.2, 0) is 0 Å². The van der Waals surface area contributed by atoms with Gasteiger partial charge in [0.1, 0.15) is 0 Å². The zero-order chi connectivity index (χ0) is 13.5. The van der Waals surface area contributed by atoms with Gasteiger partial charge < -0.3 is 19.6 Å². The minimum absolute atomic E-state index is 1.32. The predicted octanol–water partition coefficient (Wildman–Crippen LogP) is 2.88. The fourth-order valence-corrected chi connectivity index (χ4v) is 1.48. The summed E-state index contributed by atoms with van der Waals surface area (Å²) in [6.07, 6.45) is 8.09. The second kappa shape index (κ2) is 16.3. The van der Waals surface area contributed by atoms with Gasteiger partial charge in [0, 0.05) is 0 Å². The molecule has 0 amide bonds. The summed E-state index contributed by atoms with van der Waals surface area (Å²) >= 11 is 0. The molecule has 0 unspecified atom stereocenters. The molecule has 0 aromatic heterocycles. The van der Waals surface area contributed by atoms with Gasteiger partial charge in [0.25, 0.3) is 0 Å². The molecule has 4 nitrogen and oxygen atoms in total. The Morgan fingerprint density at radius 1 is 0.706 bits per heavy atom. The van der Waals surface area contributed by atoms with E-state index in [1.807, 2.05) is 0 Å². The third kappa shape index (κ3) is 22.0. The maximum atomic E-state index is 7.23. The second-order valence-corrected chi connectivity index (χ2v) is 4.71. The minimum Gasteiger partial charge on any atom is -0.328 e. The monoisotopic (exact) mass is 267 g/mol. The van der Waals surface area contributed by atoms with Gasteiger partial charge in [-0.2, -0.15) is 0 Å². The first-order valence-electron chi connectivity index (χ1n) is 6.67. The lowest BCUT2D eigenvalue weighted by molar-refractivity contribution is 0.261. The summed E-state index contributed by atoms with van der Waals surface area (Å²) in [7, 11) is -2.62. The quantitative estimate of drug-likeness (QED) is 0.562. The lowest BCUT2D eigenvalue weighted by Crippen LogP contribution is -2.27. The Morgan fingerprint density at radius 2 is 0.941 bits per heavy atom. The van der Waals surface area contributed by atoms with Crippen molar-refractivity contribution in [2.75, 3.05) is 19.6 Å². The smallest absolute Gasteiger partial charge is 0.324 e. The normalized spacial score (nSPS) is 10.6. The fraction of sp³-hybridized carbons (Fsp3) is 1.00. The summed E-state index contributed by atoms with van der Waals surface area (Å²) in [4.78, 5) is 24.3. The van der Waals surface area contributed by atoms with Crippen LogP contribution in [0.25, 0.3) is 0 Å². The molecule has 0 aliphatic carbocycles. The van der Waals surface area contributed by atoms with E-state index in [9.17, 15) is 0 Å². The second-order valence-electron chi connectivity index (χ2n) is 4.17. The van der Waals surface area contributed by atoms with E-state index in [4.69, 9.17) is 14.7 Å². The third-order valence-corrected chi connectivity index (χ3v) is 2.48. The first-order chi connectivity index (χ1) is 8.08. The lowest BCUT2D eigenvalue weighted by Gasteiger charge is -2.21. The summed E-state index contributed by atoms with van der Waals surface area (Å²) in [6, 6.07) is 0. The van der Waals surface area contributed by atoms with E-state index < -0.39 is 8.60 Å². The fourth-order valence-electron chi connectivity index (χ4n) is 1.48. The molecule has 17 heavy (non-hydrogen) atoms. The lowest BCUT2D eigenvalue weighted by atomic mass is 10.2. The highest BCUT2D eigenvalue weighted by Crippen LogP contribution is 2.11. The minimum atomic E-state index is -2.62. The van der Waals surface area contributed by atoms with E-state index in [-0.39, 0.29) is 0 Å². The van der Waals surface area contributed by atoms with Gasteiger partial charge in [-0.1, -0.05) is 40.0 Å². The Hall–Kier alpha value is 0.270. The Kier molecular flexibility index (Phi) is 18.8. The van der Waals surface area contributed by atoms with Crippen LogP contribution in [0.5, 0.6) is 0 Å². The molecule has 0 bridgehead atoms. The van der Waals surface area contributed by atoms with E-state index in [0.29, 0.717) is 0 Å². The molecular weight excluding hydrogens is 237 g/mol. The molecule has 0 saturated heterocycles. The molecule has 0 atom stereocenters. The van der Waals surface area contributed by atoms with Crippen LogP contribution in [0.4, 0.5) is 0 Å².